The molecule has 5 N–H and O–H groups in total. The number of piperidine rings is 1. The maximum absolute atomic E-state index is 14.1. The molecular weight excluding hydrogens is 1130 g/mol. The lowest BCUT2D eigenvalue weighted by Crippen LogP contribution is -2.52. The van der Waals surface area contributed by atoms with Crippen LogP contribution in [0.4, 0.5) is 22.7 Å². The number of pyridine rings is 1. The number of ether oxygens (including phenoxy) is 1. The number of aromatic nitrogens is 5. The molecule has 0 radical (unpaired) electrons. The number of rotatable bonds is 22. The smallest absolute Gasteiger partial charge is 0.293 e. The van der Waals surface area contributed by atoms with Crippen molar-refractivity contribution < 1.29 is 37.3 Å². The van der Waals surface area contributed by atoms with Crippen molar-refractivity contribution in [3.63, 3.8) is 0 Å². The number of imide groups is 1. The molecule has 22 nitrogen and oxygen atoms in total. The number of piperazine rings is 1. The van der Waals surface area contributed by atoms with Crippen LogP contribution in [0.5, 0.6) is 11.5 Å². The zero-order valence-corrected chi connectivity index (χ0v) is 48.8. The van der Waals surface area contributed by atoms with Gasteiger partial charge < -0.3 is 30.2 Å². The Morgan fingerprint density at radius 2 is 1.73 bits per heavy atom. The highest BCUT2D eigenvalue weighted by atomic mass is 35.5. The molecule has 3 aliphatic heterocycles. The number of nitro groups is 1. The van der Waals surface area contributed by atoms with Gasteiger partial charge in [-0.1, -0.05) is 67.3 Å². The summed E-state index contributed by atoms with van der Waals surface area (Å²) >= 11 is 6.27. The van der Waals surface area contributed by atoms with Gasteiger partial charge in [0, 0.05) is 110 Å². The number of hydrogen-bond acceptors (Lipinski definition) is 16. The maximum Gasteiger partial charge on any atom is 0.293 e. The summed E-state index contributed by atoms with van der Waals surface area (Å²) in [7, 11) is -4.67. The fourth-order valence-electron chi connectivity index (χ4n) is 11.6. The number of nitrogens with one attached hydrogen (secondary N) is 5. The highest BCUT2D eigenvalue weighted by Gasteiger charge is 2.40. The first-order valence-corrected chi connectivity index (χ1v) is 30.5. The van der Waals surface area contributed by atoms with E-state index in [2.05, 4.69) is 76.7 Å². The van der Waals surface area contributed by atoms with Crippen molar-refractivity contribution in [2.75, 3.05) is 54.8 Å². The summed E-state index contributed by atoms with van der Waals surface area (Å²) in [6.07, 6.45) is 12.1. The predicted octanol–water partition coefficient (Wildman–Crippen LogP) is 9.46. The van der Waals surface area contributed by atoms with E-state index in [0.717, 1.165) is 93.0 Å². The van der Waals surface area contributed by atoms with Gasteiger partial charge in [-0.15, -0.1) is 5.10 Å². The number of nitrogens with zero attached hydrogens (tertiary/aromatic N) is 8. The van der Waals surface area contributed by atoms with Crippen molar-refractivity contribution in [1.82, 2.24) is 44.8 Å². The summed E-state index contributed by atoms with van der Waals surface area (Å²) in [5.74, 6) is -1.57. The van der Waals surface area contributed by atoms with E-state index >= 15 is 0 Å². The second-order valence-corrected chi connectivity index (χ2v) is 25.0. The second kappa shape index (κ2) is 24.9. The van der Waals surface area contributed by atoms with E-state index in [1.165, 1.54) is 41.1 Å². The molecule has 0 saturated carbocycles. The van der Waals surface area contributed by atoms with Gasteiger partial charge in [0.05, 0.1) is 34.3 Å². The number of nitro benzene ring substituents is 1. The van der Waals surface area contributed by atoms with Crippen LogP contribution in [0.25, 0.3) is 16.6 Å². The van der Waals surface area contributed by atoms with Crippen LogP contribution in [-0.4, -0.2) is 117 Å². The lowest BCUT2D eigenvalue weighted by Gasteiger charge is -2.39. The van der Waals surface area contributed by atoms with Crippen LogP contribution in [0.3, 0.4) is 0 Å². The number of carbonyl (C=O) groups is 4. The van der Waals surface area contributed by atoms with Crippen molar-refractivity contribution in [2.45, 2.75) is 102 Å². The number of sulfonamides is 1. The van der Waals surface area contributed by atoms with Gasteiger partial charge in [-0.25, -0.2) is 18.1 Å². The largest absolute Gasteiger partial charge is 0.455 e. The van der Waals surface area contributed by atoms with Gasteiger partial charge in [0.1, 0.15) is 34.6 Å². The summed E-state index contributed by atoms with van der Waals surface area (Å²) < 4.78 is 38.0. The zero-order valence-electron chi connectivity index (χ0n) is 47.2. The Labute approximate surface area is 496 Å². The summed E-state index contributed by atoms with van der Waals surface area (Å²) in [5, 5.41) is 31.1. The van der Waals surface area contributed by atoms with Gasteiger partial charge in [-0.05, 0) is 116 Å². The average Bonchev–Trinajstić information content (AvgIpc) is 3.45. The van der Waals surface area contributed by atoms with Crippen LogP contribution in [0.2, 0.25) is 5.02 Å². The Balaban J connectivity index is 0.684. The average molecular weight is 1190 g/mol. The molecular formula is C61H66ClN13O9S. The van der Waals surface area contributed by atoms with Crippen LogP contribution in [0.1, 0.15) is 109 Å². The molecule has 1 unspecified atom stereocenters. The van der Waals surface area contributed by atoms with Gasteiger partial charge in [0.25, 0.3) is 27.5 Å². The molecule has 0 spiro atoms. The number of aromatic amines is 1. The second-order valence-electron chi connectivity index (χ2n) is 22.8. The van der Waals surface area contributed by atoms with E-state index in [1.807, 2.05) is 30.3 Å². The first kappa shape index (κ1) is 58.1. The van der Waals surface area contributed by atoms with Crippen molar-refractivity contribution in [3.8, 4) is 11.5 Å². The summed E-state index contributed by atoms with van der Waals surface area (Å²) in [6.45, 7) is 10.1. The van der Waals surface area contributed by atoms with Gasteiger partial charge in [-0.3, -0.25) is 44.2 Å². The number of amides is 4. The Kier molecular flexibility index (Phi) is 17.0. The van der Waals surface area contributed by atoms with Crippen molar-refractivity contribution in [2.24, 2.45) is 5.41 Å². The number of H-pyrrole nitrogens is 1. The van der Waals surface area contributed by atoms with Gasteiger partial charge in [0.15, 0.2) is 0 Å². The van der Waals surface area contributed by atoms with Crippen LogP contribution in [-0.2, 0) is 39.2 Å². The SMILES string of the molecule is CC1(C)CCC(CN2CCN(c3ccc(C(=O)NS(=O)(=O)c4ccc(NCc5cn(CCCCCCNc6cccc7c6CN(C6CCC(=O)NC6=O)C7=O)nn5)c([N+](=O)[O-])c4)c(Oc4cnc5[nH]ccc5c4)c3)CC2)=C(c2ccc(Cl)cc2)C1. The third-order valence-corrected chi connectivity index (χ3v) is 17.9. The third-order valence-electron chi connectivity index (χ3n) is 16.3. The highest BCUT2D eigenvalue weighted by molar-refractivity contribution is 7.90. The number of hydrogen-bond donors (Lipinski definition) is 5. The van der Waals surface area contributed by atoms with E-state index in [0.29, 0.717) is 66.8 Å². The molecule has 2 fully saturated rings. The van der Waals surface area contributed by atoms with E-state index in [4.69, 9.17) is 16.3 Å². The number of fused-ring (bicyclic) bond motifs is 2. The number of anilines is 3. The zero-order chi connectivity index (χ0) is 59.4. The predicted molar refractivity (Wildman–Crippen MR) is 322 cm³/mol. The van der Waals surface area contributed by atoms with E-state index in [9.17, 15) is 37.7 Å². The Hall–Kier alpha value is -8.67. The molecule has 1 aliphatic carbocycles. The Morgan fingerprint density at radius 3 is 2.53 bits per heavy atom. The van der Waals surface area contributed by atoms with E-state index in [1.54, 1.807) is 46.2 Å². The Bertz CT molecular complexity index is 3860. The topological polar surface area (TPSA) is 272 Å². The molecule has 6 heterocycles. The number of allylic oxidation sites excluding steroid dienone is 1. The minimum absolute atomic E-state index is 0.0371. The van der Waals surface area contributed by atoms with Crippen molar-refractivity contribution >= 4 is 84.6 Å². The molecule has 4 amide bonds. The minimum atomic E-state index is -4.67. The van der Waals surface area contributed by atoms with Gasteiger partial charge in [-0.2, -0.15) is 0 Å². The standard InChI is InChI=1S/C61H66ClN13O9S/c1-61(2)22-20-41(49(33-61)39-10-12-42(62)13-11-39)36-71-26-28-72(29-27-71)44-14-16-48(55(31-44)84-45-30-40-21-24-64-57(40)66-35-45)58(77)69-85(82,83)46-15-17-52(54(32-46)75(80)81)65-34-43-37-73(70-68-43)25-6-4-3-5-23-63-51-9-7-8-47-50(51)38-74(60(47)79)53-18-19-56(76)67-59(53)78/h7-17,21,24,30-32,35,37,53,63,65H,3-6,18-20,22-23,25-29,33-34,36,38H2,1-2H3,(H,64,66)(H,69,77)(H,67,76,78). The molecule has 24 heteroatoms. The van der Waals surface area contributed by atoms with Crippen LogP contribution in [0, 0.1) is 15.5 Å². The fourth-order valence-corrected chi connectivity index (χ4v) is 12.7. The molecule has 442 valence electrons. The molecule has 11 rings (SSSR count). The van der Waals surface area contributed by atoms with Crippen molar-refractivity contribution in [1.29, 1.82) is 0 Å². The number of halogens is 1. The molecule has 2 saturated heterocycles. The monoisotopic (exact) mass is 1190 g/mol. The van der Waals surface area contributed by atoms with Crippen molar-refractivity contribution in [3.05, 3.63) is 158 Å². The summed E-state index contributed by atoms with van der Waals surface area (Å²) in [6, 6.07) is 24.9. The normalized spacial score (nSPS) is 17.3. The Morgan fingerprint density at radius 1 is 0.918 bits per heavy atom. The summed E-state index contributed by atoms with van der Waals surface area (Å²) in [5.41, 5.74) is 7.85. The molecule has 3 aromatic heterocycles. The third kappa shape index (κ3) is 13.5. The first-order chi connectivity index (χ1) is 40.9. The molecule has 7 aromatic rings. The number of unbranched alkanes of at least 4 members (excludes halogenated alkanes) is 3. The minimum Gasteiger partial charge on any atom is -0.455 e. The molecule has 85 heavy (non-hydrogen) atoms. The highest BCUT2D eigenvalue weighted by Crippen LogP contribution is 2.44. The number of aryl methyl sites for hydroxylation is 1. The van der Waals surface area contributed by atoms with E-state index < -0.39 is 43.4 Å². The molecule has 0 bridgehead atoms. The van der Waals surface area contributed by atoms with Gasteiger partial charge in [0.2, 0.25) is 11.8 Å². The van der Waals surface area contributed by atoms with Crippen LogP contribution >= 0.6 is 11.6 Å². The lowest BCUT2D eigenvalue weighted by atomic mass is 9.72. The van der Waals surface area contributed by atoms with Crippen LogP contribution < -0.4 is 30.3 Å². The quantitative estimate of drug-likeness (QED) is 0.0183. The molecule has 4 aromatic carbocycles. The maximum atomic E-state index is 14.1. The fraction of sp³-hybridized carbons (Fsp3) is 0.361. The lowest BCUT2D eigenvalue weighted by molar-refractivity contribution is -0.384. The number of carbonyl (C=O) groups excluding carboxylic acids is 4. The van der Waals surface area contributed by atoms with Gasteiger partial charge >= 0.3 is 0 Å². The molecule has 4 aliphatic rings. The van der Waals surface area contributed by atoms with E-state index in [-0.39, 0.29) is 47.2 Å². The number of benzene rings is 4. The first-order valence-electron chi connectivity index (χ1n) is 28.6. The van der Waals surface area contributed by atoms with Crippen LogP contribution in [0.15, 0.2) is 120 Å². The molecule has 1 atom stereocenters. The summed E-state index contributed by atoms with van der Waals surface area (Å²) in [4.78, 5) is 76.4.